The van der Waals surface area contributed by atoms with E-state index < -0.39 is 0 Å². The predicted octanol–water partition coefficient (Wildman–Crippen LogP) is 0.0303. The largest absolute Gasteiger partial charge is 0.383 e. The van der Waals surface area contributed by atoms with E-state index in [1.807, 2.05) is 0 Å². The molecule has 0 spiro atoms. The third-order valence-corrected chi connectivity index (χ3v) is 5.18. The number of hydrogen-bond donors (Lipinski definition) is 0. The van der Waals surface area contributed by atoms with Gasteiger partial charge in [0.05, 0.1) is 26.4 Å². The summed E-state index contributed by atoms with van der Waals surface area (Å²) < 4.78 is 10.7. The molecule has 3 rings (SSSR count). The third-order valence-electron chi connectivity index (χ3n) is 5.18. The highest BCUT2D eigenvalue weighted by atomic mass is 16.5. The summed E-state index contributed by atoms with van der Waals surface area (Å²) >= 11 is 0. The minimum atomic E-state index is 0.291. The fourth-order valence-electron chi connectivity index (χ4n) is 3.87. The molecule has 0 aromatic rings. The van der Waals surface area contributed by atoms with E-state index in [2.05, 4.69) is 14.7 Å². The van der Waals surface area contributed by atoms with Crippen LogP contribution in [-0.2, 0) is 14.3 Å². The van der Waals surface area contributed by atoms with Gasteiger partial charge in [-0.1, -0.05) is 0 Å². The second kappa shape index (κ2) is 7.73. The molecule has 6 heteroatoms. The molecule has 3 fully saturated rings. The van der Waals surface area contributed by atoms with Crippen LogP contribution in [0.15, 0.2) is 0 Å². The predicted molar refractivity (Wildman–Crippen MR) is 83.8 cm³/mol. The molecule has 0 aromatic heterocycles. The maximum atomic E-state index is 12.6. The van der Waals surface area contributed by atoms with Crippen molar-refractivity contribution in [2.75, 3.05) is 66.2 Å². The van der Waals surface area contributed by atoms with Gasteiger partial charge in [-0.25, -0.2) is 0 Å². The number of nitrogens with zero attached hydrogens (tertiary/aromatic N) is 3. The zero-order chi connectivity index (χ0) is 15.4. The maximum Gasteiger partial charge on any atom is 0.236 e. The van der Waals surface area contributed by atoms with Crippen LogP contribution in [0.1, 0.15) is 19.3 Å². The number of morpholine rings is 1. The second-order valence-electron chi connectivity index (χ2n) is 6.67. The topological polar surface area (TPSA) is 45.3 Å². The van der Waals surface area contributed by atoms with Crippen LogP contribution in [0.3, 0.4) is 0 Å². The Labute approximate surface area is 133 Å². The molecule has 3 aliphatic heterocycles. The van der Waals surface area contributed by atoms with Crippen molar-refractivity contribution in [1.82, 2.24) is 14.7 Å². The van der Waals surface area contributed by atoms with Crippen LogP contribution in [0.2, 0.25) is 0 Å². The summed E-state index contributed by atoms with van der Waals surface area (Å²) in [5.41, 5.74) is 0. The van der Waals surface area contributed by atoms with Crippen molar-refractivity contribution < 1.29 is 14.3 Å². The Morgan fingerprint density at radius 1 is 1.18 bits per heavy atom. The summed E-state index contributed by atoms with van der Waals surface area (Å²) in [6.07, 6.45) is 3.45. The van der Waals surface area contributed by atoms with Crippen molar-refractivity contribution in [2.24, 2.45) is 0 Å². The Morgan fingerprint density at radius 3 is 2.73 bits per heavy atom. The zero-order valence-electron chi connectivity index (χ0n) is 13.7. The summed E-state index contributed by atoms with van der Waals surface area (Å²) in [7, 11) is 1.77. The molecule has 0 bridgehead atoms. The lowest BCUT2D eigenvalue weighted by atomic mass is 9.91. The van der Waals surface area contributed by atoms with Crippen LogP contribution in [0.25, 0.3) is 0 Å². The van der Waals surface area contributed by atoms with Crippen LogP contribution >= 0.6 is 0 Å². The average Bonchev–Trinajstić information content (AvgIpc) is 2.50. The molecule has 3 aliphatic rings. The van der Waals surface area contributed by atoms with Crippen LogP contribution < -0.4 is 0 Å². The SMILES string of the molecule is COC[C@@H]1C[C@@H]2CN(C(=O)CN3CCOCC3)CCCCN12. The van der Waals surface area contributed by atoms with Crippen LogP contribution in [0.4, 0.5) is 0 Å². The van der Waals surface area contributed by atoms with Gasteiger partial charge in [-0.3, -0.25) is 14.6 Å². The molecule has 2 atom stereocenters. The van der Waals surface area contributed by atoms with Gasteiger partial charge in [-0.2, -0.15) is 0 Å². The van der Waals surface area contributed by atoms with Gasteiger partial charge in [0.15, 0.2) is 0 Å². The van der Waals surface area contributed by atoms with Crippen LogP contribution in [0.5, 0.6) is 0 Å². The van der Waals surface area contributed by atoms with Gasteiger partial charge in [0, 0.05) is 45.4 Å². The van der Waals surface area contributed by atoms with Crippen molar-refractivity contribution in [3.8, 4) is 0 Å². The van der Waals surface area contributed by atoms with E-state index in [1.54, 1.807) is 7.11 Å². The number of methoxy groups -OCH3 is 1. The Hall–Kier alpha value is -0.690. The van der Waals surface area contributed by atoms with E-state index in [9.17, 15) is 4.79 Å². The summed E-state index contributed by atoms with van der Waals surface area (Å²) in [6.45, 7) is 7.60. The molecule has 22 heavy (non-hydrogen) atoms. The molecule has 0 radical (unpaired) electrons. The van der Waals surface area contributed by atoms with E-state index in [1.165, 1.54) is 6.42 Å². The molecule has 0 aromatic carbocycles. The van der Waals surface area contributed by atoms with Crippen molar-refractivity contribution in [1.29, 1.82) is 0 Å². The standard InChI is InChI=1S/C16H29N3O3/c1-21-13-15-10-14-11-18(4-2-3-5-19(14)15)16(20)12-17-6-8-22-9-7-17/h14-15H,2-13H2,1H3/t14-,15+/m1/s1. The third kappa shape index (κ3) is 3.79. The normalized spacial score (nSPS) is 31.0. The lowest BCUT2D eigenvalue weighted by Crippen LogP contribution is -2.63. The number of ether oxygens (including phenoxy) is 2. The summed E-state index contributed by atoms with van der Waals surface area (Å²) in [6, 6.07) is 1.10. The highest BCUT2D eigenvalue weighted by Crippen LogP contribution is 2.28. The van der Waals surface area contributed by atoms with E-state index >= 15 is 0 Å². The Bertz CT molecular complexity index is 374. The lowest BCUT2D eigenvalue weighted by molar-refractivity contribution is -0.137. The lowest BCUT2D eigenvalue weighted by Gasteiger charge is -2.51. The Kier molecular flexibility index (Phi) is 5.68. The van der Waals surface area contributed by atoms with Crippen molar-refractivity contribution in [3.05, 3.63) is 0 Å². The molecule has 0 aliphatic carbocycles. The summed E-state index contributed by atoms with van der Waals surface area (Å²) in [4.78, 5) is 19.5. The first-order valence-corrected chi connectivity index (χ1v) is 8.60. The Morgan fingerprint density at radius 2 is 1.95 bits per heavy atom. The van der Waals surface area contributed by atoms with Crippen molar-refractivity contribution in [2.45, 2.75) is 31.3 Å². The van der Waals surface area contributed by atoms with Crippen LogP contribution in [0, 0.1) is 0 Å². The van der Waals surface area contributed by atoms with E-state index in [-0.39, 0.29) is 0 Å². The summed E-state index contributed by atoms with van der Waals surface area (Å²) in [5.74, 6) is 0.291. The fourth-order valence-corrected chi connectivity index (χ4v) is 3.87. The summed E-state index contributed by atoms with van der Waals surface area (Å²) in [5, 5.41) is 0. The number of carbonyl (C=O) groups excluding carboxylic acids is 1. The van der Waals surface area contributed by atoms with Gasteiger partial charge in [0.25, 0.3) is 0 Å². The molecule has 126 valence electrons. The van der Waals surface area contributed by atoms with Gasteiger partial charge in [-0.05, 0) is 25.8 Å². The first kappa shape index (κ1) is 16.2. The highest BCUT2D eigenvalue weighted by molar-refractivity contribution is 5.78. The van der Waals surface area contributed by atoms with Gasteiger partial charge in [0.1, 0.15) is 0 Å². The minimum Gasteiger partial charge on any atom is -0.383 e. The molecule has 3 saturated heterocycles. The number of fused-ring (bicyclic) bond motifs is 1. The monoisotopic (exact) mass is 311 g/mol. The van der Waals surface area contributed by atoms with Gasteiger partial charge in [-0.15, -0.1) is 0 Å². The number of amides is 1. The van der Waals surface area contributed by atoms with E-state index in [0.717, 1.165) is 65.4 Å². The van der Waals surface area contributed by atoms with Gasteiger partial charge >= 0.3 is 0 Å². The second-order valence-corrected chi connectivity index (χ2v) is 6.67. The van der Waals surface area contributed by atoms with Crippen LogP contribution in [-0.4, -0.2) is 98.9 Å². The number of hydrogen-bond acceptors (Lipinski definition) is 5. The minimum absolute atomic E-state index is 0.291. The van der Waals surface area contributed by atoms with Gasteiger partial charge < -0.3 is 14.4 Å². The first-order valence-electron chi connectivity index (χ1n) is 8.60. The molecule has 0 saturated carbocycles. The molecule has 0 unspecified atom stereocenters. The average molecular weight is 311 g/mol. The first-order chi connectivity index (χ1) is 10.8. The van der Waals surface area contributed by atoms with E-state index in [4.69, 9.17) is 9.47 Å². The number of rotatable bonds is 4. The molecular formula is C16H29N3O3. The number of carbonyl (C=O) groups is 1. The zero-order valence-corrected chi connectivity index (χ0v) is 13.7. The Balaban J connectivity index is 1.51. The smallest absolute Gasteiger partial charge is 0.236 e. The molecule has 6 nitrogen and oxygen atoms in total. The quantitative estimate of drug-likeness (QED) is 0.733. The van der Waals surface area contributed by atoms with Crippen molar-refractivity contribution >= 4 is 5.91 Å². The molecule has 0 N–H and O–H groups in total. The maximum absolute atomic E-state index is 12.6. The molecule has 3 heterocycles. The molecular weight excluding hydrogens is 282 g/mol. The van der Waals surface area contributed by atoms with Crippen molar-refractivity contribution in [3.63, 3.8) is 0 Å². The fraction of sp³-hybridized carbons (Fsp3) is 0.938. The molecule has 1 amide bonds. The van der Waals surface area contributed by atoms with E-state index in [0.29, 0.717) is 24.5 Å². The van der Waals surface area contributed by atoms with Gasteiger partial charge in [0.2, 0.25) is 5.91 Å². The highest BCUT2D eigenvalue weighted by Gasteiger charge is 2.40.